The average Bonchev–Trinajstić information content (AvgIpc) is 2.39. The minimum Gasteiger partial charge on any atom is -0.0985 e. The lowest BCUT2D eigenvalue weighted by atomic mass is 10.1. The van der Waals surface area contributed by atoms with Gasteiger partial charge in [-0.05, 0) is 25.3 Å². The molecule has 0 aromatic carbocycles. The van der Waals surface area contributed by atoms with E-state index >= 15 is 0 Å². The Bertz CT molecular complexity index is 226. The summed E-state index contributed by atoms with van der Waals surface area (Å²) in [6, 6.07) is 0. The first-order valence-electron chi connectivity index (χ1n) is 8.05. The molecule has 0 aliphatic heterocycles. The normalized spacial score (nSPS) is 10.6. The molecule has 0 aliphatic carbocycles. The molecule has 0 amide bonds. The topological polar surface area (TPSA) is 0 Å². The summed E-state index contributed by atoms with van der Waals surface area (Å²) in [4.78, 5) is 0. The summed E-state index contributed by atoms with van der Waals surface area (Å²) in [5, 5.41) is 0. The minimum atomic E-state index is 1.07. The van der Waals surface area contributed by atoms with Crippen molar-refractivity contribution in [2.45, 2.75) is 90.9 Å². The maximum absolute atomic E-state index is 3.23. The van der Waals surface area contributed by atoms with E-state index in [1.54, 1.807) is 0 Å². The van der Waals surface area contributed by atoms with E-state index in [0.29, 0.717) is 0 Å². The van der Waals surface area contributed by atoms with E-state index in [1.807, 2.05) is 6.08 Å². The van der Waals surface area contributed by atoms with E-state index in [-0.39, 0.29) is 0 Å². The molecule has 0 bridgehead atoms. The minimum absolute atomic E-state index is 1.07. The van der Waals surface area contributed by atoms with E-state index in [2.05, 4.69) is 31.8 Å². The van der Waals surface area contributed by atoms with Crippen molar-refractivity contribution in [3.05, 3.63) is 12.2 Å². The molecular formula is C18H32. The van der Waals surface area contributed by atoms with E-state index in [4.69, 9.17) is 0 Å². The van der Waals surface area contributed by atoms with Gasteiger partial charge in [0.1, 0.15) is 0 Å². The Balaban J connectivity index is 3.19. The van der Waals surface area contributed by atoms with Crippen LogP contribution in [0.25, 0.3) is 0 Å². The first kappa shape index (κ1) is 17.3. The van der Waals surface area contributed by atoms with Gasteiger partial charge in [0, 0.05) is 6.42 Å². The van der Waals surface area contributed by atoms with Gasteiger partial charge in [-0.3, -0.25) is 0 Å². The molecule has 18 heavy (non-hydrogen) atoms. The smallest absolute Gasteiger partial charge is 0.00922 e. The predicted octanol–water partition coefficient (Wildman–Crippen LogP) is 6.27. The second kappa shape index (κ2) is 16.3. The molecule has 0 spiro atoms. The summed E-state index contributed by atoms with van der Waals surface area (Å²) >= 11 is 0. The van der Waals surface area contributed by atoms with Gasteiger partial charge in [-0.25, -0.2) is 0 Å². The van der Waals surface area contributed by atoms with Crippen LogP contribution in [-0.2, 0) is 0 Å². The van der Waals surface area contributed by atoms with Crippen LogP contribution >= 0.6 is 0 Å². The monoisotopic (exact) mass is 248 g/mol. The molecule has 0 radical (unpaired) electrons. The van der Waals surface area contributed by atoms with Crippen molar-refractivity contribution in [1.29, 1.82) is 0 Å². The molecule has 0 unspecified atom stereocenters. The first-order valence-corrected chi connectivity index (χ1v) is 8.05. The third kappa shape index (κ3) is 15.3. The quantitative estimate of drug-likeness (QED) is 0.299. The predicted molar refractivity (Wildman–Crippen MR) is 83.7 cm³/mol. The van der Waals surface area contributed by atoms with Gasteiger partial charge in [0.05, 0.1) is 0 Å². The van der Waals surface area contributed by atoms with Gasteiger partial charge in [0.25, 0.3) is 0 Å². The van der Waals surface area contributed by atoms with Gasteiger partial charge < -0.3 is 0 Å². The Labute approximate surface area is 115 Å². The van der Waals surface area contributed by atoms with Gasteiger partial charge in [0.2, 0.25) is 0 Å². The van der Waals surface area contributed by atoms with Crippen LogP contribution < -0.4 is 0 Å². The van der Waals surface area contributed by atoms with Crippen molar-refractivity contribution in [3.63, 3.8) is 0 Å². The molecule has 0 atom stereocenters. The Morgan fingerprint density at radius 2 is 1.33 bits per heavy atom. The van der Waals surface area contributed by atoms with E-state index in [9.17, 15) is 0 Å². The van der Waals surface area contributed by atoms with Crippen LogP contribution in [0, 0.1) is 11.8 Å². The molecule has 0 saturated heterocycles. The molecule has 0 nitrogen and oxygen atoms in total. The maximum Gasteiger partial charge on any atom is 0.00922 e. The molecule has 0 aliphatic rings. The number of rotatable bonds is 11. The van der Waals surface area contributed by atoms with Crippen LogP contribution in [0.3, 0.4) is 0 Å². The lowest BCUT2D eigenvalue weighted by Crippen LogP contribution is -1.77. The SMILES string of the molecule is CCCCCCC#C/C=C\CCCCCCCC. The molecule has 104 valence electrons. The van der Waals surface area contributed by atoms with Crippen molar-refractivity contribution in [3.8, 4) is 11.8 Å². The van der Waals surface area contributed by atoms with Crippen molar-refractivity contribution in [1.82, 2.24) is 0 Å². The van der Waals surface area contributed by atoms with E-state index in [1.165, 1.54) is 70.6 Å². The largest absolute Gasteiger partial charge is 0.0985 e. The van der Waals surface area contributed by atoms with Crippen LogP contribution in [0.15, 0.2) is 12.2 Å². The first-order chi connectivity index (χ1) is 8.91. The maximum atomic E-state index is 3.23. The van der Waals surface area contributed by atoms with Gasteiger partial charge >= 0.3 is 0 Å². The Hall–Kier alpha value is -0.700. The summed E-state index contributed by atoms with van der Waals surface area (Å²) in [6.07, 6.45) is 20.1. The summed E-state index contributed by atoms with van der Waals surface area (Å²) in [5.41, 5.74) is 0. The average molecular weight is 248 g/mol. The van der Waals surface area contributed by atoms with Crippen molar-refractivity contribution in [2.75, 3.05) is 0 Å². The third-order valence-corrected chi connectivity index (χ3v) is 3.18. The summed E-state index contributed by atoms with van der Waals surface area (Å²) in [5.74, 6) is 6.37. The standard InChI is InChI=1S/C18H32/c1-3-5-7-9-11-13-15-17-18-16-14-12-10-8-6-4-2/h17-18H,3-13,15H2,1-2H3/b18-17-. The fourth-order valence-electron chi connectivity index (χ4n) is 1.96. The molecule has 0 rings (SSSR count). The Kier molecular flexibility index (Phi) is 15.7. The highest BCUT2D eigenvalue weighted by atomic mass is 13.9. The van der Waals surface area contributed by atoms with Gasteiger partial charge in [-0.2, -0.15) is 0 Å². The third-order valence-electron chi connectivity index (χ3n) is 3.18. The molecule has 0 fully saturated rings. The van der Waals surface area contributed by atoms with Crippen LogP contribution in [-0.4, -0.2) is 0 Å². The number of unbranched alkanes of at least 4 members (excludes halogenated alkanes) is 10. The molecule has 0 aromatic rings. The van der Waals surface area contributed by atoms with Gasteiger partial charge in [-0.1, -0.05) is 83.1 Å². The Morgan fingerprint density at radius 1 is 0.722 bits per heavy atom. The zero-order valence-corrected chi connectivity index (χ0v) is 12.6. The molecule has 0 aromatic heterocycles. The second-order valence-corrected chi connectivity index (χ2v) is 5.09. The van der Waals surface area contributed by atoms with Crippen molar-refractivity contribution >= 4 is 0 Å². The highest BCUT2D eigenvalue weighted by Crippen LogP contribution is 2.07. The summed E-state index contributed by atoms with van der Waals surface area (Å²) < 4.78 is 0. The van der Waals surface area contributed by atoms with Crippen LogP contribution in [0.1, 0.15) is 90.9 Å². The lowest BCUT2D eigenvalue weighted by Gasteiger charge is -1.96. The van der Waals surface area contributed by atoms with Gasteiger partial charge in [0.15, 0.2) is 0 Å². The highest BCUT2D eigenvalue weighted by Gasteiger charge is 1.87. The fourth-order valence-corrected chi connectivity index (χ4v) is 1.96. The van der Waals surface area contributed by atoms with Gasteiger partial charge in [-0.15, -0.1) is 0 Å². The van der Waals surface area contributed by atoms with Crippen LogP contribution in [0.4, 0.5) is 0 Å². The number of hydrogen-bond acceptors (Lipinski definition) is 0. The van der Waals surface area contributed by atoms with E-state index in [0.717, 1.165) is 6.42 Å². The summed E-state index contributed by atoms with van der Waals surface area (Å²) in [7, 11) is 0. The zero-order valence-electron chi connectivity index (χ0n) is 12.6. The number of allylic oxidation sites excluding steroid dienone is 2. The van der Waals surface area contributed by atoms with E-state index < -0.39 is 0 Å². The Morgan fingerprint density at radius 3 is 2.06 bits per heavy atom. The second-order valence-electron chi connectivity index (χ2n) is 5.09. The molecule has 0 N–H and O–H groups in total. The summed E-state index contributed by atoms with van der Waals surface area (Å²) in [6.45, 7) is 4.51. The van der Waals surface area contributed by atoms with Crippen LogP contribution in [0.2, 0.25) is 0 Å². The highest BCUT2D eigenvalue weighted by molar-refractivity contribution is 5.14. The van der Waals surface area contributed by atoms with Crippen molar-refractivity contribution in [2.24, 2.45) is 0 Å². The zero-order chi connectivity index (χ0) is 13.3. The lowest BCUT2D eigenvalue weighted by molar-refractivity contribution is 0.611. The molecular weight excluding hydrogens is 216 g/mol. The van der Waals surface area contributed by atoms with Crippen molar-refractivity contribution < 1.29 is 0 Å². The molecule has 0 heterocycles. The fraction of sp³-hybridized carbons (Fsp3) is 0.778. The number of hydrogen-bond donors (Lipinski definition) is 0. The molecule has 0 heteroatoms. The molecule has 0 saturated carbocycles. The van der Waals surface area contributed by atoms with Crippen LogP contribution in [0.5, 0.6) is 0 Å².